The molecular weight excluding hydrogens is 635 g/mol. The minimum absolute atomic E-state index is 0.103. The summed E-state index contributed by atoms with van der Waals surface area (Å²) < 4.78 is 39.2. The molecule has 3 N–H and O–H groups in total. The molecule has 0 saturated heterocycles. The minimum atomic E-state index is -4.16. The van der Waals surface area contributed by atoms with E-state index in [1.165, 1.54) is 25.4 Å². The van der Waals surface area contributed by atoms with Crippen LogP contribution in [0.3, 0.4) is 0 Å². The Morgan fingerprint density at radius 1 is 1.02 bits per heavy atom. The topological polar surface area (TPSA) is 127 Å². The lowest BCUT2D eigenvalue weighted by Crippen LogP contribution is -2.26. The van der Waals surface area contributed by atoms with Crippen molar-refractivity contribution in [1.29, 1.82) is 0 Å². The number of fused-ring (bicyclic) bond motifs is 1. The summed E-state index contributed by atoms with van der Waals surface area (Å²) in [5.74, 6) is 1.08. The lowest BCUT2D eigenvalue weighted by molar-refractivity contribution is 0.198. The van der Waals surface area contributed by atoms with Crippen molar-refractivity contribution in [1.82, 2.24) is 20.3 Å². The third kappa shape index (κ3) is 7.42. The zero-order valence-electron chi connectivity index (χ0n) is 23.5. The largest absolute Gasteiger partial charge is 0.480 e. The molecule has 0 radical (unpaired) electrons. The first-order chi connectivity index (χ1) is 20.7. The van der Waals surface area contributed by atoms with Crippen molar-refractivity contribution < 1.29 is 17.9 Å². The number of pyridine rings is 1. The fourth-order valence-electron chi connectivity index (χ4n) is 5.16. The second-order valence-corrected chi connectivity index (χ2v) is 13.1. The molecule has 43 heavy (non-hydrogen) atoms. The van der Waals surface area contributed by atoms with Gasteiger partial charge in [0.05, 0.1) is 40.0 Å². The Balaban J connectivity index is 1.34. The summed E-state index contributed by atoms with van der Waals surface area (Å²) in [6, 6.07) is 10.2. The summed E-state index contributed by atoms with van der Waals surface area (Å²) in [6.45, 7) is 2.54. The van der Waals surface area contributed by atoms with Gasteiger partial charge in [0.15, 0.2) is 4.90 Å². The molecular formula is C29H31Cl3N6O4S. The maximum Gasteiger partial charge on any atom is 0.267 e. The zero-order chi connectivity index (χ0) is 30.6. The molecule has 2 atom stereocenters. The maximum absolute atomic E-state index is 13.2. The fourth-order valence-corrected chi connectivity index (χ4v) is 7.29. The minimum Gasteiger partial charge on any atom is -0.480 e. The van der Waals surface area contributed by atoms with Gasteiger partial charge in [-0.1, -0.05) is 40.9 Å². The number of benzene rings is 2. The number of anilines is 2. The van der Waals surface area contributed by atoms with Crippen LogP contribution in [0.15, 0.2) is 53.7 Å². The van der Waals surface area contributed by atoms with Crippen LogP contribution in [0.4, 0.5) is 11.6 Å². The first-order valence-electron chi connectivity index (χ1n) is 13.6. The SMILES string of the molecule is COCCNC[C@@H]1CC[C@@H](Nc2ncc3cc(-c4c(Cl)ccc(NS(=O)(=O)c5cc(Cl)cnc5OC)c4Cl)ccc3n2)C1. The van der Waals surface area contributed by atoms with E-state index in [2.05, 4.69) is 25.3 Å². The van der Waals surface area contributed by atoms with Crippen molar-refractivity contribution in [2.45, 2.75) is 30.2 Å². The lowest BCUT2D eigenvalue weighted by atomic mass is 10.0. The highest BCUT2D eigenvalue weighted by molar-refractivity contribution is 7.92. The number of hydrogen-bond acceptors (Lipinski definition) is 9. The summed E-state index contributed by atoms with van der Waals surface area (Å²) in [7, 11) is -1.13. The second kappa shape index (κ2) is 13.8. The van der Waals surface area contributed by atoms with E-state index in [4.69, 9.17) is 49.3 Å². The molecule has 2 aromatic carbocycles. The van der Waals surface area contributed by atoms with Crippen molar-refractivity contribution >= 4 is 67.4 Å². The quantitative estimate of drug-likeness (QED) is 0.150. The molecule has 228 valence electrons. The van der Waals surface area contributed by atoms with E-state index >= 15 is 0 Å². The summed E-state index contributed by atoms with van der Waals surface area (Å²) in [5, 5.41) is 8.31. The Bertz CT molecular complexity index is 1730. The van der Waals surface area contributed by atoms with Crippen LogP contribution in [0.1, 0.15) is 19.3 Å². The second-order valence-electron chi connectivity index (χ2n) is 10.2. The predicted molar refractivity (Wildman–Crippen MR) is 171 cm³/mol. The Hall–Kier alpha value is -2.93. The molecule has 0 bridgehead atoms. The van der Waals surface area contributed by atoms with Crippen LogP contribution in [0.25, 0.3) is 22.0 Å². The van der Waals surface area contributed by atoms with Crippen LogP contribution in [-0.4, -0.2) is 63.3 Å². The van der Waals surface area contributed by atoms with E-state index in [0.29, 0.717) is 40.7 Å². The molecule has 1 fully saturated rings. The summed E-state index contributed by atoms with van der Waals surface area (Å²) in [6.07, 6.45) is 6.31. The van der Waals surface area contributed by atoms with Gasteiger partial charge in [0, 0.05) is 43.0 Å². The number of ether oxygens (including phenoxy) is 2. The van der Waals surface area contributed by atoms with Crippen molar-refractivity contribution in [3.05, 3.63) is 63.9 Å². The average Bonchev–Trinajstić information content (AvgIpc) is 3.44. The maximum atomic E-state index is 13.2. The van der Waals surface area contributed by atoms with Crippen LogP contribution in [0, 0.1) is 5.92 Å². The number of methoxy groups -OCH3 is 2. The molecule has 1 aliphatic carbocycles. The van der Waals surface area contributed by atoms with Gasteiger partial charge in [-0.15, -0.1) is 0 Å². The number of hydrogen-bond donors (Lipinski definition) is 3. The van der Waals surface area contributed by atoms with E-state index in [1.54, 1.807) is 19.4 Å². The van der Waals surface area contributed by atoms with E-state index in [9.17, 15) is 8.42 Å². The molecule has 0 amide bonds. The monoisotopic (exact) mass is 664 g/mol. The summed E-state index contributed by atoms with van der Waals surface area (Å²) in [5.41, 5.74) is 2.01. The first-order valence-corrected chi connectivity index (χ1v) is 16.2. The highest BCUT2D eigenvalue weighted by atomic mass is 35.5. The van der Waals surface area contributed by atoms with E-state index in [1.807, 2.05) is 18.2 Å². The molecule has 1 aliphatic rings. The van der Waals surface area contributed by atoms with Gasteiger partial charge < -0.3 is 20.1 Å². The Labute approximate surface area is 265 Å². The average molecular weight is 666 g/mol. The van der Waals surface area contributed by atoms with Crippen molar-refractivity contribution in [2.24, 2.45) is 5.92 Å². The lowest BCUT2D eigenvalue weighted by Gasteiger charge is -2.16. The highest BCUT2D eigenvalue weighted by Gasteiger charge is 2.26. The molecule has 5 rings (SSSR count). The summed E-state index contributed by atoms with van der Waals surface area (Å²) in [4.78, 5) is 13.0. The molecule has 1 saturated carbocycles. The molecule has 4 aromatic rings. The normalized spacial score (nSPS) is 16.9. The summed E-state index contributed by atoms with van der Waals surface area (Å²) >= 11 is 19.3. The number of sulfonamides is 1. The third-order valence-corrected chi connectivity index (χ3v) is 9.54. The van der Waals surface area contributed by atoms with E-state index in [0.717, 1.165) is 43.3 Å². The van der Waals surface area contributed by atoms with Gasteiger partial charge in [-0.05, 0) is 67.6 Å². The molecule has 0 unspecified atom stereocenters. The molecule has 2 aromatic heterocycles. The standard InChI is InChI=1S/C29H31Cl3N6O4S/c1-41-10-9-33-14-17-3-5-21(11-17)36-29-35-15-19-12-18(4-7-23(19)37-29)26-22(31)6-8-24(27(26)32)38-43(39,40)25-13-20(30)16-34-28(25)42-2/h4,6-8,12-13,15-17,21,33,38H,3,5,9-11,14H2,1-2H3,(H,35,36,37)/t17-,21-/m1/s1. The van der Waals surface area contributed by atoms with Gasteiger partial charge in [-0.25, -0.2) is 23.4 Å². The number of aromatic nitrogens is 3. The van der Waals surface area contributed by atoms with E-state index in [-0.39, 0.29) is 26.5 Å². The van der Waals surface area contributed by atoms with Crippen LogP contribution < -0.4 is 20.1 Å². The van der Waals surface area contributed by atoms with E-state index < -0.39 is 10.0 Å². The predicted octanol–water partition coefficient (Wildman–Crippen LogP) is 6.28. The Morgan fingerprint density at radius 3 is 2.65 bits per heavy atom. The number of nitrogens with one attached hydrogen (secondary N) is 3. The highest BCUT2D eigenvalue weighted by Crippen LogP contribution is 2.41. The molecule has 10 nitrogen and oxygen atoms in total. The van der Waals surface area contributed by atoms with Gasteiger partial charge >= 0.3 is 0 Å². The van der Waals surface area contributed by atoms with Crippen molar-refractivity contribution in [3.63, 3.8) is 0 Å². The van der Waals surface area contributed by atoms with Gasteiger partial charge in [-0.3, -0.25) is 4.72 Å². The fraction of sp³-hybridized carbons (Fsp3) is 0.345. The zero-order valence-corrected chi connectivity index (χ0v) is 26.6. The van der Waals surface area contributed by atoms with Gasteiger partial charge in [0.1, 0.15) is 0 Å². The van der Waals surface area contributed by atoms with Crippen LogP contribution >= 0.6 is 34.8 Å². The van der Waals surface area contributed by atoms with Crippen LogP contribution in [-0.2, 0) is 14.8 Å². The van der Waals surface area contributed by atoms with Crippen LogP contribution in [0.5, 0.6) is 5.88 Å². The smallest absolute Gasteiger partial charge is 0.267 e. The molecule has 0 spiro atoms. The first kappa shape index (κ1) is 31.5. The number of halogens is 3. The Kier molecular flexibility index (Phi) is 10.1. The van der Waals surface area contributed by atoms with Crippen molar-refractivity contribution in [2.75, 3.05) is 44.0 Å². The van der Waals surface area contributed by atoms with Crippen molar-refractivity contribution in [3.8, 4) is 17.0 Å². The Morgan fingerprint density at radius 2 is 1.86 bits per heavy atom. The third-order valence-electron chi connectivity index (χ3n) is 7.26. The molecule has 0 aliphatic heterocycles. The van der Waals surface area contributed by atoms with Gasteiger partial charge in [0.25, 0.3) is 10.0 Å². The number of rotatable bonds is 12. The molecule has 2 heterocycles. The number of nitrogens with zero attached hydrogens (tertiary/aromatic N) is 3. The molecule has 14 heteroatoms. The van der Waals surface area contributed by atoms with Gasteiger partial charge in [0.2, 0.25) is 11.8 Å². The van der Waals surface area contributed by atoms with Gasteiger partial charge in [-0.2, -0.15) is 0 Å². The van der Waals surface area contributed by atoms with Crippen LogP contribution in [0.2, 0.25) is 15.1 Å².